The van der Waals surface area contributed by atoms with E-state index in [-0.39, 0.29) is 6.04 Å². The summed E-state index contributed by atoms with van der Waals surface area (Å²) in [6.07, 6.45) is 0. The van der Waals surface area contributed by atoms with Gasteiger partial charge in [0.15, 0.2) is 0 Å². The molecule has 0 spiro atoms. The van der Waals surface area contributed by atoms with Crippen molar-refractivity contribution in [3.8, 4) is 0 Å². The summed E-state index contributed by atoms with van der Waals surface area (Å²) in [5, 5.41) is 1.11. The van der Waals surface area contributed by atoms with Crippen molar-refractivity contribution in [1.29, 1.82) is 0 Å². The van der Waals surface area contributed by atoms with Gasteiger partial charge in [-0.1, -0.05) is 17.7 Å². The first-order chi connectivity index (χ1) is 9.60. The number of hydrogen-bond acceptors (Lipinski definition) is 5. The van der Waals surface area contributed by atoms with Crippen molar-refractivity contribution < 1.29 is 4.74 Å². The maximum atomic E-state index is 5.99. The van der Waals surface area contributed by atoms with Gasteiger partial charge < -0.3 is 10.5 Å². The third kappa shape index (κ3) is 4.06. The monoisotopic (exact) mass is 308 g/mol. The largest absolute Gasteiger partial charge is 0.378 e. The van der Waals surface area contributed by atoms with Gasteiger partial charge in [-0.2, -0.15) is 0 Å². The third-order valence-electron chi connectivity index (χ3n) is 2.85. The molecule has 0 aliphatic carbocycles. The van der Waals surface area contributed by atoms with Crippen molar-refractivity contribution in [3.63, 3.8) is 0 Å². The highest BCUT2D eigenvalue weighted by molar-refractivity contribution is 7.98. The van der Waals surface area contributed by atoms with Gasteiger partial charge >= 0.3 is 0 Å². The van der Waals surface area contributed by atoms with Crippen molar-refractivity contribution in [3.05, 3.63) is 45.4 Å². The van der Waals surface area contributed by atoms with Crippen molar-refractivity contribution in [2.75, 3.05) is 7.11 Å². The maximum Gasteiger partial charge on any atom is 0.104 e. The SMILES string of the molecule is COCc1nc(CSc2ccc(C)cc2)sc1C(C)N. The Balaban J connectivity index is 2.05. The normalized spacial score (nSPS) is 12.6. The van der Waals surface area contributed by atoms with E-state index in [4.69, 9.17) is 10.5 Å². The van der Waals surface area contributed by atoms with Crippen LogP contribution in [-0.2, 0) is 17.1 Å². The fourth-order valence-corrected chi connectivity index (χ4v) is 3.77. The van der Waals surface area contributed by atoms with E-state index < -0.39 is 0 Å². The fraction of sp³-hybridized carbons (Fsp3) is 0.400. The number of hydrogen-bond donors (Lipinski definition) is 1. The molecule has 1 atom stereocenters. The number of nitrogens with zero attached hydrogens (tertiary/aromatic N) is 1. The third-order valence-corrected chi connectivity index (χ3v) is 5.35. The van der Waals surface area contributed by atoms with E-state index in [0.717, 1.165) is 21.3 Å². The molecule has 0 amide bonds. The summed E-state index contributed by atoms with van der Waals surface area (Å²) in [7, 11) is 1.69. The second-order valence-electron chi connectivity index (χ2n) is 4.74. The molecule has 0 fully saturated rings. The van der Waals surface area contributed by atoms with Crippen LogP contribution in [0.1, 0.15) is 34.1 Å². The molecule has 5 heteroatoms. The van der Waals surface area contributed by atoms with Crippen LogP contribution in [0.25, 0.3) is 0 Å². The maximum absolute atomic E-state index is 5.99. The topological polar surface area (TPSA) is 48.1 Å². The predicted molar refractivity (Wildman–Crippen MR) is 86.2 cm³/mol. The van der Waals surface area contributed by atoms with E-state index in [1.165, 1.54) is 10.5 Å². The molecule has 1 aromatic heterocycles. The van der Waals surface area contributed by atoms with Crippen molar-refractivity contribution in [2.24, 2.45) is 5.73 Å². The van der Waals surface area contributed by atoms with Crippen LogP contribution < -0.4 is 5.73 Å². The van der Waals surface area contributed by atoms with Gasteiger partial charge in [-0.3, -0.25) is 0 Å². The lowest BCUT2D eigenvalue weighted by Crippen LogP contribution is -2.06. The Morgan fingerprint density at radius 2 is 2.05 bits per heavy atom. The number of ether oxygens (including phenoxy) is 1. The summed E-state index contributed by atoms with van der Waals surface area (Å²) in [6, 6.07) is 8.57. The predicted octanol–water partition coefficient (Wildman–Crippen LogP) is 3.91. The zero-order valence-corrected chi connectivity index (χ0v) is 13.7. The molecule has 1 heterocycles. The number of thioether (sulfide) groups is 1. The van der Waals surface area contributed by atoms with Crippen molar-refractivity contribution in [2.45, 2.75) is 37.1 Å². The van der Waals surface area contributed by atoms with E-state index in [0.29, 0.717) is 6.61 Å². The number of rotatable bonds is 6. The molecule has 2 aromatic rings. The lowest BCUT2D eigenvalue weighted by atomic mass is 10.2. The van der Waals surface area contributed by atoms with Crippen LogP contribution >= 0.6 is 23.1 Å². The molecule has 2 N–H and O–H groups in total. The van der Waals surface area contributed by atoms with E-state index in [1.807, 2.05) is 6.92 Å². The second kappa shape index (κ2) is 7.22. The highest BCUT2D eigenvalue weighted by atomic mass is 32.2. The number of benzene rings is 1. The molecule has 0 bridgehead atoms. The van der Waals surface area contributed by atoms with Gasteiger partial charge in [-0.05, 0) is 26.0 Å². The van der Waals surface area contributed by atoms with Crippen LogP contribution in [0.2, 0.25) is 0 Å². The van der Waals surface area contributed by atoms with Crippen LogP contribution in [0.5, 0.6) is 0 Å². The Kier molecular flexibility index (Phi) is 5.60. The highest BCUT2D eigenvalue weighted by Crippen LogP contribution is 2.30. The number of aryl methyl sites for hydroxylation is 1. The molecule has 0 saturated heterocycles. The molecular weight excluding hydrogens is 288 g/mol. The molecule has 3 nitrogen and oxygen atoms in total. The molecule has 1 unspecified atom stereocenters. The summed E-state index contributed by atoms with van der Waals surface area (Å²) in [5.41, 5.74) is 8.25. The molecule has 0 aliphatic heterocycles. The second-order valence-corrected chi connectivity index (χ2v) is 6.91. The Bertz CT molecular complexity index is 550. The van der Waals surface area contributed by atoms with Gasteiger partial charge in [0.25, 0.3) is 0 Å². The summed E-state index contributed by atoms with van der Waals surface area (Å²) in [6.45, 7) is 4.62. The highest BCUT2D eigenvalue weighted by Gasteiger charge is 2.14. The van der Waals surface area contributed by atoms with Gasteiger partial charge in [-0.25, -0.2) is 4.98 Å². The average Bonchev–Trinajstić information content (AvgIpc) is 2.82. The van der Waals surface area contributed by atoms with E-state index >= 15 is 0 Å². The zero-order valence-electron chi connectivity index (χ0n) is 12.1. The Morgan fingerprint density at radius 1 is 1.35 bits per heavy atom. The van der Waals surface area contributed by atoms with Crippen molar-refractivity contribution >= 4 is 23.1 Å². The van der Waals surface area contributed by atoms with Gasteiger partial charge in [-0.15, -0.1) is 23.1 Å². The zero-order chi connectivity index (χ0) is 14.5. The minimum absolute atomic E-state index is 0.00998. The van der Waals surface area contributed by atoms with E-state index in [1.54, 1.807) is 30.2 Å². The number of aromatic nitrogens is 1. The molecule has 0 radical (unpaired) electrons. The van der Waals surface area contributed by atoms with Crippen LogP contribution in [-0.4, -0.2) is 12.1 Å². The molecule has 0 aliphatic rings. The van der Waals surface area contributed by atoms with Gasteiger partial charge in [0.2, 0.25) is 0 Å². The molecule has 2 rings (SSSR count). The first kappa shape index (κ1) is 15.5. The minimum Gasteiger partial charge on any atom is -0.378 e. The van der Waals surface area contributed by atoms with Crippen LogP contribution in [0.15, 0.2) is 29.2 Å². The smallest absolute Gasteiger partial charge is 0.104 e. The lowest BCUT2D eigenvalue weighted by molar-refractivity contribution is 0.181. The Hall–Kier alpha value is -0.880. The minimum atomic E-state index is 0.00998. The van der Waals surface area contributed by atoms with E-state index in [2.05, 4.69) is 36.2 Å². The van der Waals surface area contributed by atoms with Gasteiger partial charge in [0.1, 0.15) is 5.01 Å². The number of nitrogens with two attached hydrogens (primary N) is 1. The van der Waals surface area contributed by atoms with Crippen LogP contribution in [0.4, 0.5) is 0 Å². The molecule has 20 heavy (non-hydrogen) atoms. The van der Waals surface area contributed by atoms with Crippen LogP contribution in [0.3, 0.4) is 0 Å². The number of methoxy groups -OCH3 is 1. The van der Waals surface area contributed by atoms with Crippen LogP contribution in [0, 0.1) is 6.92 Å². The summed E-state index contributed by atoms with van der Waals surface area (Å²) < 4.78 is 5.19. The molecular formula is C15H20N2OS2. The average molecular weight is 308 g/mol. The fourth-order valence-electron chi connectivity index (χ4n) is 1.85. The number of thiazole rings is 1. The summed E-state index contributed by atoms with van der Waals surface area (Å²) in [5.74, 6) is 0.872. The Labute approximate surface area is 128 Å². The molecule has 0 saturated carbocycles. The van der Waals surface area contributed by atoms with E-state index in [9.17, 15) is 0 Å². The Morgan fingerprint density at radius 3 is 2.65 bits per heavy atom. The first-order valence-electron chi connectivity index (χ1n) is 6.52. The first-order valence-corrected chi connectivity index (χ1v) is 8.33. The van der Waals surface area contributed by atoms with Crippen molar-refractivity contribution in [1.82, 2.24) is 4.98 Å². The summed E-state index contributed by atoms with van der Waals surface area (Å²) >= 11 is 3.49. The lowest BCUT2D eigenvalue weighted by Gasteiger charge is -2.03. The molecule has 108 valence electrons. The standard InChI is InChI=1S/C15H20N2OS2/c1-10-4-6-12(7-5-10)19-9-14-17-13(8-18-3)15(20-14)11(2)16/h4-7,11H,8-9,16H2,1-3H3. The molecule has 1 aromatic carbocycles. The summed E-state index contributed by atoms with van der Waals surface area (Å²) in [4.78, 5) is 7.04. The van der Waals surface area contributed by atoms with Gasteiger partial charge in [0, 0.05) is 22.9 Å². The quantitative estimate of drug-likeness (QED) is 0.822. The van der Waals surface area contributed by atoms with Gasteiger partial charge in [0.05, 0.1) is 18.1 Å².